The maximum absolute atomic E-state index is 12.0. The Morgan fingerprint density at radius 2 is 2.25 bits per heavy atom. The lowest BCUT2D eigenvalue weighted by molar-refractivity contribution is -0.117. The lowest BCUT2D eigenvalue weighted by Crippen LogP contribution is -2.41. The molecule has 2 aromatic heterocycles. The SMILES string of the molecule is CC1CCC(C#N)CN1c1nc2ccnc(NC(=O)C3CC3)c2s1. The zero-order chi connectivity index (χ0) is 16.7. The average molecular weight is 341 g/mol. The van der Waals surface area contributed by atoms with Gasteiger partial charge in [0.15, 0.2) is 10.9 Å². The van der Waals surface area contributed by atoms with Crippen molar-refractivity contribution in [3.05, 3.63) is 12.3 Å². The highest BCUT2D eigenvalue weighted by Gasteiger charge is 2.31. The molecule has 1 amide bonds. The van der Waals surface area contributed by atoms with Crippen LogP contribution in [0.2, 0.25) is 0 Å². The fourth-order valence-electron chi connectivity index (χ4n) is 3.10. The van der Waals surface area contributed by atoms with E-state index in [9.17, 15) is 10.1 Å². The van der Waals surface area contributed by atoms with Crippen LogP contribution in [0.5, 0.6) is 0 Å². The summed E-state index contributed by atoms with van der Waals surface area (Å²) in [5.41, 5.74) is 0.849. The van der Waals surface area contributed by atoms with Gasteiger partial charge in [0.1, 0.15) is 0 Å². The number of anilines is 2. The van der Waals surface area contributed by atoms with Crippen molar-refractivity contribution >= 4 is 38.4 Å². The molecule has 2 aromatic rings. The van der Waals surface area contributed by atoms with Gasteiger partial charge < -0.3 is 10.2 Å². The first-order chi connectivity index (χ1) is 11.7. The van der Waals surface area contributed by atoms with Crippen molar-refractivity contribution in [2.45, 2.75) is 38.6 Å². The van der Waals surface area contributed by atoms with Crippen LogP contribution >= 0.6 is 11.3 Å². The Morgan fingerprint density at radius 3 is 3.00 bits per heavy atom. The number of pyridine rings is 1. The normalized spacial score (nSPS) is 23.9. The Labute approximate surface area is 144 Å². The monoisotopic (exact) mass is 341 g/mol. The van der Waals surface area contributed by atoms with E-state index < -0.39 is 0 Å². The quantitative estimate of drug-likeness (QED) is 0.927. The number of fused-ring (bicyclic) bond motifs is 1. The number of aromatic nitrogens is 2. The van der Waals surface area contributed by atoms with Gasteiger partial charge in [-0.1, -0.05) is 11.3 Å². The summed E-state index contributed by atoms with van der Waals surface area (Å²) in [6.07, 6.45) is 5.57. The molecule has 0 bridgehead atoms. The number of amides is 1. The molecule has 2 unspecified atom stereocenters. The summed E-state index contributed by atoms with van der Waals surface area (Å²) >= 11 is 1.55. The van der Waals surface area contributed by atoms with Gasteiger partial charge in [-0.3, -0.25) is 4.79 Å². The van der Waals surface area contributed by atoms with E-state index in [2.05, 4.69) is 28.2 Å². The van der Waals surface area contributed by atoms with Gasteiger partial charge in [-0.2, -0.15) is 5.26 Å². The highest BCUT2D eigenvalue weighted by atomic mass is 32.1. The molecule has 3 heterocycles. The minimum atomic E-state index is 0.0559. The zero-order valence-corrected chi connectivity index (χ0v) is 14.3. The summed E-state index contributed by atoms with van der Waals surface area (Å²) in [4.78, 5) is 23.3. The Bertz CT molecular complexity index is 822. The molecule has 2 fully saturated rings. The third-order valence-corrected chi connectivity index (χ3v) is 5.91. The van der Waals surface area contributed by atoms with Gasteiger partial charge in [-0.05, 0) is 38.7 Å². The molecule has 1 N–H and O–H groups in total. The number of hydrogen-bond donors (Lipinski definition) is 1. The molecule has 2 atom stereocenters. The summed E-state index contributed by atoms with van der Waals surface area (Å²) in [7, 11) is 0. The lowest BCUT2D eigenvalue weighted by Gasteiger charge is -2.35. The van der Waals surface area contributed by atoms with Gasteiger partial charge in [0.2, 0.25) is 5.91 Å². The summed E-state index contributed by atoms with van der Waals surface area (Å²) in [5.74, 6) is 0.865. The minimum absolute atomic E-state index is 0.0559. The van der Waals surface area contributed by atoms with Crippen LogP contribution in [-0.4, -0.2) is 28.5 Å². The van der Waals surface area contributed by atoms with E-state index in [1.807, 2.05) is 6.07 Å². The molecule has 1 aliphatic carbocycles. The molecular weight excluding hydrogens is 322 g/mol. The molecule has 0 spiro atoms. The number of rotatable bonds is 3. The fraction of sp³-hybridized carbons (Fsp3) is 0.529. The largest absolute Gasteiger partial charge is 0.344 e. The molecule has 1 saturated heterocycles. The first kappa shape index (κ1) is 15.3. The van der Waals surface area contributed by atoms with Gasteiger partial charge in [-0.15, -0.1) is 0 Å². The number of hydrogen-bond acceptors (Lipinski definition) is 6. The molecule has 7 heteroatoms. The lowest BCUT2D eigenvalue weighted by atomic mass is 9.95. The highest BCUT2D eigenvalue weighted by Crippen LogP contribution is 2.37. The minimum Gasteiger partial charge on any atom is -0.344 e. The van der Waals surface area contributed by atoms with Crippen LogP contribution in [0.25, 0.3) is 10.2 Å². The van der Waals surface area contributed by atoms with E-state index in [0.29, 0.717) is 18.4 Å². The summed E-state index contributed by atoms with van der Waals surface area (Å²) in [6, 6.07) is 4.62. The van der Waals surface area contributed by atoms with Crippen molar-refractivity contribution in [1.29, 1.82) is 5.26 Å². The molecule has 24 heavy (non-hydrogen) atoms. The van der Waals surface area contributed by atoms with Crippen molar-refractivity contribution < 1.29 is 4.79 Å². The molecule has 0 radical (unpaired) electrons. The van der Waals surface area contributed by atoms with Crippen LogP contribution in [0, 0.1) is 23.2 Å². The fourth-order valence-corrected chi connectivity index (χ4v) is 4.22. The maximum Gasteiger partial charge on any atom is 0.228 e. The third kappa shape index (κ3) is 2.82. The third-order valence-electron chi connectivity index (χ3n) is 4.79. The number of thiazole rings is 1. The van der Waals surface area contributed by atoms with E-state index in [0.717, 1.165) is 41.0 Å². The van der Waals surface area contributed by atoms with Crippen LogP contribution in [0.1, 0.15) is 32.6 Å². The number of piperidine rings is 1. The second-order valence-corrected chi connectivity index (χ2v) is 7.65. The van der Waals surface area contributed by atoms with Gasteiger partial charge >= 0.3 is 0 Å². The number of carbonyl (C=O) groups is 1. The van der Waals surface area contributed by atoms with Gasteiger partial charge in [0.05, 0.1) is 22.2 Å². The van der Waals surface area contributed by atoms with Crippen LogP contribution < -0.4 is 10.2 Å². The Morgan fingerprint density at radius 1 is 1.42 bits per heavy atom. The summed E-state index contributed by atoms with van der Waals surface area (Å²) in [6.45, 7) is 2.89. The number of nitriles is 1. The molecule has 1 saturated carbocycles. The predicted molar refractivity (Wildman–Crippen MR) is 93.9 cm³/mol. The number of carbonyl (C=O) groups excluding carboxylic acids is 1. The second kappa shape index (κ2) is 6.02. The topological polar surface area (TPSA) is 81.9 Å². The molecule has 4 rings (SSSR count). The first-order valence-electron chi connectivity index (χ1n) is 8.38. The van der Waals surface area contributed by atoms with Crippen LogP contribution in [0.15, 0.2) is 12.3 Å². The zero-order valence-electron chi connectivity index (χ0n) is 13.5. The standard InChI is InChI=1S/C17H19N5OS/c1-10-2-3-11(8-18)9-22(10)17-20-13-6-7-19-15(14(13)24-17)21-16(23)12-4-5-12/h6-7,10-12H,2-5,9H2,1H3,(H,19,21,23). The van der Waals surface area contributed by atoms with E-state index in [-0.39, 0.29) is 17.7 Å². The van der Waals surface area contributed by atoms with Gasteiger partial charge in [-0.25, -0.2) is 9.97 Å². The van der Waals surface area contributed by atoms with Crippen LogP contribution in [0.3, 0.4) is 0 Å². The number of nitrogens with zero attached hydrogens (tertiary/aromatic N) is 4. The average Bonchev–Trinajstić information content (AvgIpc) is 3.35. The molecule has 6 nitrogen and oxygen atoms in total. The molecule has 124 valence electrons. The van der Waals surface area contributed by atoms with Gasteiger partial charge in [0.25, 0.3) is 0 Å². The summed E-state index contributed by atoms with van der Waals surface area (Å²) < 4.78 is 0.910. The Hall–Kier alpha value is -2.20. The predicted octanol–water partition coefficient (Wildman–Crippen LogP) is 3.17. The second-order valence-electron chi connectivity index (χ2n) is 6.67. The van der Waals surface area contributed by atoms with E-state index >= 15 is 0 Å². The molecule has 1 aliphatic heterocycles. The first-order valence-corrected chi connectivity index (χ1v) is 9.20. The van der Waals surface area contributed by atoms with Crippen molar-refractivity contribution in [1.82, 2.24) is 9.97 Å². The molecule has 2 aliphatic rings. The summed E-state index contributed by atoms with van der Waals surface area (Å²) in [5, 5.41) is 13.1. The van der Waals surface area contributed by atoms with Crippen molar-refractivity contribution in [2.24, 2.45) is 11.8 Å². The van der Waals surface area contributed by atoms with Gasteiger partial charge in [0, 0.05) is 24.7 Å². The molecule has 0 aromatic carbocycles. The van der Waals surface area contributed by atoms with E-state index in [1.165, 1.54) is 0 Å². The Kier molecular flexibility index (Phi) is 3.85. The van der Waals surface area contributed by atoms with E-state index in [1.54, 1.807) is 17.5 Å². The highest BCUT2D eigenvalue weighted by molar-refractivity contribution is 7.22. The van der Waals surface area contributed by atoms with Crippen LogP contribution in [0.4, 0.5) is 10.9 Å². The Balaban J connectivity index is 1.65. The van der Waals surface area contributed by atoms with Crippen molar-refractivity contribution in [3.63, 3.8) is 0 Å². The maximum atomic E-state index is 12.0. The van der Waals surface area contributed by atoms with Crippen molar-refractivity contribution in [3.8, 4) is 6.07 Å². The smallest absolute Gasteiger partial charge is 0.228 e. The van der Waals surface area contributed by atoms with E-state index in [4.69, 9.17) is 4.98 Å². The molecular formula is C17H19N5OS. The van der Waals surface area contributed by atoms with Crippen molar-refractivity contribution in [2.75, 3.05) is 16.8 Å². The van der Waals surface area contributed by atoms with Crippen LogP contribution in [-0.2, 0) is 4.79 Å². The number of nitrogens with one attached hydrogen (secondary N) is 1.